The molecule has 0 unspecified atom stereocenters. The van der Waals surface area contributed by atoms with Gasteiger partial charge in [0.15, 0.2) is 18.1 Å². The van der Waals surface area contributed by atoms with Gasteiger partial charge in [0, 0.05) is 11.8 Å². The van der Waals surface area contributed by atoms with Crippen molar-refractivity contribution in [3.63, 3.8) is 0 Å². The van der Waals surface area contributed by atoms with Gasteiger partial charge in [-0.05, 0) is 30.7 Å². The van der Waals surface area contributed by atoms with Gasteiger partial charge in [-0.2, -0.15) is 10.4 Å². The Bertz CT molecular complexity index is 807. The number of rotatable bonds is 6. The Labute approximate surface area is 132 Å². The molecule has 0 aliphatic carbocycles. The number of aromatic amines is 1. The van der Waals surface area contributed by atoms with E-state index in [1.165, 1.54) is 13.2 Å². The van der Waals surface area contributed by atoms with E-state index >= 15 is 0 Å². The van der Waals surface area contributed by atoms with Crippen LogP contribution in [-0.4, -0.2) is 29.9 Å². The van der Waals surface area contributed by atoms with Crippen LogP contribution in [0.3, 0.4) is 0 Å². The van der Waals surface area contributed by atoms with Crippen LogP contribution in [0, 0.1) is 18.3 Å². The largest absolute Gasteiger partial charge is 0.493 e. The van der Waals surface area contributed by atoms with Crippen LogP contribution >= 0.6 is 0 Å². The monoisotopic (exact) mass is 313 g/mol. The number of aromatic nitrogens is 2. The summed E-state index contributed by atoms with van der Waals surface area (Å²) < 4.78 is 10.4. The second-order valence-electron chi connectivity index (χ2n) is 4.46. The summed E-state index contributed by atoms with van der Waals surface area (Å²) >= 11 is 0. The lowest BCUT2D eigenvalue weighted by Crippen LogP contribution is -2.10. The van der Waals surface area contributed by atoms with E-state index in [0.717, 1.165) is 5.56 Å². The van der Waals surface area contributed by atoms with Crippen LogP contribution in [0.1, 0.15) is 11.3 Å². The van der Waals surface area contributed by atoms with Gasteiger partial charge in [-0.15, -0.1) is 0 Å². The van der Waals surface area contributed by atoms with Crippen molar-refractivity contribution in [1.82, 2.24) is 9.97 Å². The van der Waals surface area contributed by atoms with E-state index in [0.29, 0.717) is 17.2 Å². The van der Waals surface area contributed by atoms with Crippen LogP contribution < -0.4 is 20.5 Å². The maximum Gasteiger partial charge on any atom is 0.252 e. The molecule has 0 aliphatic heterocycles. The molecule has 0 saturated carbocycles. The van der Waals surface area contributed by atoms with Crippen molar-refractivity contribution in [2.75, 3.05) is 19.1 Å². The maximum atomic E-state index is 11.3. The smallest absolute Gasteiger partial charge is 0.252 e. The molecule has 0 aliphatic rings. The van der Waals surface area contributed by atoms with Gasteiger partial charge < -0.3 is 9.47 Å². The van der Waals surface area contributed by atoms with Gasteiger partial charge in [0.2, 0.25) is 5.95 Å². The molecule has 0 saturated heterocycles. The van der Waals surface area contributed by atoms with Crippen LogP contribution in [0.2, 0.25) is 0 Å². The molecule has 8 nitrogen and oxygen atoms in total. The van der Waals surface area contributed by atoms with Crippen LogP contribution in [0.25, 0.3) is 0 Å². The van der Waals surface area contributed by atoms with Gasteiger partial charge in [0.05, 0.1) is 13.3 Å². The number of hydrazone groups is 1. The molecule has 0 bridgehead atoms. The molecule has 118 valence electrons. The molecule has 2 N–H and O–H groups in total. The predicted octanol–water partition coefficient (Wildman–Crippen LogP) is 1.44. The highest BCUT2D eigenvalue weighted by Crippen LogP contribution is 2.27. The molecule has 0 spiro atoms. The predicted molar refractivity (Wildman–Crippen MR) is 84.9 cm³/mol. The lowest BCUT2D eigenvalue weighted by Gasteiger charge is -2.08. The summed E-state index contributed by atoms with van der Waals surface area (Å²) in [5, 5.41) is 12.5. The van der Waals surface area contributed by atoms with Crippen molar-refractivity contribution in [3.8, 4) is 17.6 Å². The molecule has 0 atom stereocenters. The number of methoxy groups -OCH3 is 1. The minimum absolute atomic E-state index is 0.0578. The van der Waals surface area contributed by atoms with E-state index < -0.39 is 0 Å². The summed E-state index contributed by atoms with van der Waals surface area (Å²) in [7, 11) is 1.51. The average Bonchev–Trinajstić information content (AvgIpc) is 2.52. The van der Waals surface area contributed by atoms with Crippen molar-refractivity contribution in [2.45, 2.75) is 6.92 Å². The lowest BCUT2D eigenvalue weighted by molar-refractivity contribution is 0.329. The fourth-order valence-electron chi connectivity index (χ4n) is 1.79. The van der Waals surface area contributed by atoms with Gasteiger partial charge in [-0.3, -0.25) is 9.78 Å². The zero-order valence-corrected chi connectivity index (χ0v) is 12.7. The molecule has 0 fully saturated rings. The number of nitriles is 1. The number of anilines is 1. The number of hydrogen-bond acceptors (Lipinski definition) is 7. The van der Waals surface area contributed by atoms with Crippen LogP contribution in [0.5, 0.6) is 11.5 Å². The molecular formula is C15H15N5O3. The Balaban J connectivity index is 2.10. The Morgan fingerprint density at radius 1 is 1.43 bits per heavy atom. The number of nitrogens with one attached hydrogen (secondary N) is 2. The van der Waals surface area contributed by atoms with Crippen LogP contribution in [0.15, 0.2) is 34.2 Å². The first-order valence-electron chi connectivity index (χ1n) is 6.67. The highest BCUT2D eigenvalue weighted by atomic mass is 16.5. The molecule has 2 aromatic rings. The summed E-state index contributed by atoms with van der Waals surface area (Å²) in [6.07, 6.45) is 1.54. The molecular weight excluding hydrogens is 298 g/mol. The lowest BCUT2D eigenvalue weighted by atomic mass is 10.2. The van der Waals surface area contributed by atoms with E-state index in [1.54, 1.807) is 31.3 Å². The molecule has 8 heteroatoms. The van der Waals surface area contributed by atoms with Gasteiger partial charge in [0.25, 0.3) is 5.56 Å². The standard InChI is InChI=1S/C15H15N5O3/c1-10-7-14(21)19-15(18-10)20-17-9-11-3-4-12(23-6-5-16)13(8-11)22-2/h3-4,7-9H,6H2,1-2H3,(H2,18,19,20,21)/b17-9-. The quantitative estimate of drug-likeness (QED) is 0.616. The van der Waals surface area contributed by atoms with Gasteiger partial charge in [0.1, 0.15) is 6.07 Å². The van der Waals surface area contributed by atoms with Crippen LogP contribution in [0.4, 0.5) is 5.95 Å². The Hall–Kier alpha value is -3.34. The summed E-state index contributed by atoms with van der Waals surface area (Å²) in [6, 6.07) is 8.44. The second-order valence-corrected chi connectivity index (χ2v) is 4.46. The number of aryl methyl sites for hydroxylation is 1. The number of benzene rings is 1. The summed E-state index contributed by atoms with van der Waals surface area (Å²) in [5.41, 5.74) is 3.73. The summed E-state index contributed by atoms with van der Waals surface area (Å²) in [6.45, 7) is 1.66. The Morgan fingerprint density at radius 2 is 2.26 bits per heavy atom. The van der Waals surface area contributed by atoms with Gasteiger partial charge in [-0.1, -0.05) is 0 Å². The highest BCUT2D eigenvalue weighted by molar-refractivity contribution is 5.81. The van der Waals surface area contributed by atoms with E-state index in [1.807, 2.05) is 6.07 Å². The van der Waals surface area contributed by atoms with Crippen molar-refractivity contribution < 1.29 is 9.47 Å². The van der Waals surface area contributed by atoms with E-state index in [2.05, 4.69) is 20.5 Å². The second kappa shape index (κ2) is 7.61. The number of hydrogen-bond donors (Lipinski definition) is 2. The number of nitrogens with zero attached hydrogens (tertiary/aromatic N) is 3. The van der Waals surface area contributed by atoms with Gasteiger partial charge >= 0.3 is 0 Å². The zero-order chi connectivity index (χ0) is 16.7. The minimum atomic E-state index is -0.254. The average molecular weight is 313 g/mol. The van der Waals surface area contributed by atoms with E-state index in [9.17, 15) is 4.79 Å². The van der Waals surface area contributed by atoms with E-state index in [-0.39, 0.29) is 18.1 Å². The van der Waals surface area contributed by atoms with Crippen molar-refractivity contribution >= 4 is 12.2 Å². The molecule has 2 rings (SSSR count). The van der Waals surface area contributed by atoms with Crippen molar-refractivity contribution in [2.24, 2.45) is 5.10 Å². The summed E-state index contributed by atoms with van der Waals surface area (Å²) in [4.78, 5) is 17.9. The minimum Gasteiger partial charge on any atom is -0.493 e. The zero-order valence-electron chi connectivity index (χ0n) is 12.7. The fraction of sp³-hybridized carbons (Fsp3) is 0.200. The third kappa shape index (κ3) is 4.57. The maximum absolute atomic E-state index is 11.3. The highest BCUT2D eigenvalue weighted by Gasteiger charge is 2.04. The van der Waals surface area contributed by atoms with Crippen molar-refractivity contribution in [1.29, 1.82) is 5.26 Å². The summed E-state index contributed by atoms with van der Waals surface area (Å²) in [5.74, 6) is 1.22. The number of H-pyrrole nitrogens is 1. The third-order valence-electron chi connectivity index (χ3n) is 2.73. The molecule has 1 heterocycles. The fourth-order valence-corrected chi connectivity index (χ4v) is 1.79. The molecule has 1 aromatic carbocycles. The topological polar surface area (TPSA) is 112 Å². The Morgan fingerprint density at radius 3 is 2.96 bits per heavy atom. The Kier molecular flexibility index (Phi) is 5.30. The first kappa shape index (κ1) is 16.0. The molecule has 23 heavy (non-hydrogen) atoms. The van der Waals surface area contributed by atoms with Gasteiger partial charge in [-0.25, -0.2) is 10.4 Å². The first-order chi connectivity index (χ1) is 11.1. The SMILES string of the molecule is COc1cc(/C=N\Nc2nc(C)cc(=O)[nH]2)ccc1OCC#N. The van der Waals surface area contributed by atoms with Crippen LogP contribution in [-0.2, 0) is 0 Å². The normalized spacial score (nSPS) is 10.3. The molecule has 0 amide bonds. The molecule has 0 radical (unpaired) electrons. The molecule has 1 aromatic heterocycles. The van der Waals surface area contributed by atoms with Crippen molar-refractivity contribution in [3.05, 3.63) is 45.9 Å². The number of ether oxygens (including phenoxy) is 2. The third-order valence-corrected chi connectivity index (χ3v) is 2.73. The first-order valence-corrected chi connectivity index (χ1v) is 6.67. The van der Waals surface area contributed by atoms with E-state index in [4.69, 9.17) is 14.7 Å².